The lowest BCUT2D eigenvalue weighted by Crippen LogP contribution is -2.43. The number of carbonyl (C=O) groups excluding carboxylic acids is 3. The Morgan fingerprint density at radius 3 is 2.50 bits per heavy atom. The third-order valence-corrected chi connectivity index (χ3v) is 4.33. The van der Waals surface area contributed by atoms with Crippen molar-refractivity contribution in [2.75, 3.05) is 13.1 Å². The summed E-state index contributed by atoms with van der Waals surface area (Å²) in [5.41, 5.74) is -1.07. The second-order valence-corrected chi connectivity index (χ2v) is 6.31. The van der Waals surface area contributed by atoms with Crippen molar-refractivity contribution in [2.45, 2.75) is 38.6 Å². The number of nitro benzene ring substituents is 1. The quantitative estimate of drug-likeness (QED) is 0.315. The summed E-state index contributed by atoms with van der Waals surface area (Å²) in [5.74, 6) is -0.974. The minimum atomic E-state index is -1.37. The Hall–Kier alpha value is -2.97. The first-order valence-corrected chi connectivity index (χ1v) is 8.45. The normalized spacial score (nSPS) is 19.4. The van der Waals surface area contributed by atoms with Gasteiger partial charge in [-0.1, -0.05) is 19.8 Å². The standard InChI is InChI=1S/C17H22N4O5/c1-3-4-5-10-18-14(22)11-20-15(23)17(2,19-16(20)24)12-6-8-13(9-7-12)21(25)26/h6-9H,3-5,10-11H2,1-2H3,(H,18,22)(H,19,24). The number of carbonyl (C=O) groups is 3. The number of non-ortho nitro benzene ring substituents is 1. The van der Waals surface area contributed by atoms with Crippen molar-refractivity contribution in [2.24, 2.45) is 0 Å². The minimum Gasteiger partial charge on any atom is -0.355 e. The second-order valence-electron chi connectivity index (χ2n) is 6.31. The van der Waals surface area contributed by atoms with E-state index in [1.165, 1.54) is 31.2 Å². The Balaban J connectivity index is 2.07. The third-order valence-electron chi connectivity index (χ3n) is 4.33. The molecule has 0 aliphatic carbocycles. The molecule has 1 aromatic rings. The van der Waals surface area contributed by atoms with E-state index in [-0.39, 0.29) is 12.2 Å². The Labute approximate surface area is 150 Å². The Morgan fingerprint density at radius 1 is 1.27 bits per heavy atom. The van der Waals surface area contributed by atoms with Crippen LogP contribution in [-0.4, -0.2) is 40.8 Å². The van der Waals surface area contributed by atoms with E-state index in [9.17, 15) is 24.5 Å². The lowest BCUT2D eigenvalue weighted by atomic mass is 9.92. The SMILES string of the molecule is CCCCCNC(=O)CN1C(=O)NC(C)(c2ccc([N+](=O)[O-])cc2)C1=O. The molecule has 0 radical (unpaired) electrons. The Bertz CT molecular complexity index is 718. The molecule has 0 bridgehead atoms. The van der Waals surface area contributed by atoms with Crippen LogP contribution in [-0.2, 0) is 15.1 Å². The molecule has 9 nitrogen and oxygen atoms in total. The van der Waals surface area contributed by atoms with Gasteiger partial charge >= 0.3 is 6.03 Å². The minimum absolute atomic E-state index is 0.113. The van der Waals surface area contributed by atoms with Gasteiger partial charge in [-0.2, -0.15) is 0 Å². The number of nitrogens with zero attached hydrogens (tertiary/aromatic N) is 2. The van der Waals surface area contributed by atoms with Crippen LogP contribution in [0.1, 0.15) is 38.7 Å². The topological polar surface area (TPSA) is 122 Å². The molecule has 1 aliphatic heterocycles. The van der Waals surface area contributed by atoms with Crippen LogP contribution in [0, 0.1) is 10.1 Å². The summed E-state index contributed by atoms with van der Waals surface area (Å²) in [6.07, 6.45) is 2.85. The molecule has 1 heterocycles. The van der Waals surface area contributed by atoms with E-state index in [1.807, 2.05) is 6.92 Å². The van der Waals surface area contributed by atoms with Crippen molar-refractivity contribution in [3.05, 3.63) is 39.9 Å². The van der Waals surface area contributed by atoms with E-state index in [0.717, 1.165) is 24.2 Å². The van der Waals surface area contributed by atoms with E-state index in [2.05, 4.69) is 10.6 Å². The van der Waals surface area contributed by atoms with E-state index in [0.29, 0.717) is 12.1 Å². The monoisotopic (exact) mass is 362 g/mol. The predicted octanol–water partition coefficient (Wildman–Crippen LogP) is 1.67. The number of nitrogens with one attached hydrogen (secondary N) is 2. The molecule has 140 valence electrons. The van der Waals surface area contributed by atoms with Gasteiger partial charge in [-0.05, 0) is 31.0 Å². The molecule has 1 aromatic carbocycles. The van der Waals surface area contributed by atoms with E-state index < -0.39 is 28.3 Å². The van der Waals surface area contributed by atoms with Crippen LogP contribution in [0.25, 0.3) is 0 Å². The molecular weight excluding hydrogens is 340 g/mol. The lowest BCUT2D eigenvalue weighted by Gasteiger charge is -2.22. The van der Waals surface area contributed by atoms with E-state index in [4.69, 9.17) is 0 Å². The summed E-state index contributed by atoms with van der Waals surface area (Å²) in [7, 11) is 0. The number of amides is 4. The summed E-state index contributed by atoms with van der Waals surface area (Å²) >= 11 is 0. The average molecular weight is 362 g/mol. The first-order valence-electron chi connectivity index (χ1n) is 8.45. The zero-order chi connectivity index (χ0) is 19.3. The molecule has 0 aromatic heterocycles. The molecule has 2 rings (SSSR count). The fourth-order valence-corrected chi connectivity index (χ4v) is 2.76. The van der Waals surface area contributed by atoms with Crippen LogP contribution in [0.15, 0.2) is 24.3 Å². The maximum Gasteiger partial charge on any atom is 0.325 e. The number of urea groups is 1. The van der Waals surface area contributed by atoms with Crippen LogP contribution in [0.3, 0.4) is 0 Å². The molecule has 1 unspecified atom stereocenters. The van der Waals surface area contributed by atoms with Crippen molar-refractivity contribution in [1.29, 1.82) is 0 Å². The highest BCUT2D eigenvalue weighted by atomic mass is 16.6. The lowest BCUT2D eigenvalue weighted by molar-refractivity contribution is -0.384. The number of rotatable bonds is 8. The van der Waals surface area contributed by atoms with Gasteiger partial charge in [0.2, 0.25) is 5.91 Å². The van der Waals surface area contributed by atoms with Crippen molar-refractivity contribution in [3.63, 3.8) is 0 Å². The van der Waals surface area contributed by atoms with Crippen LogP contribution in [0.5, 0.6) is 0 Å². The maximum absolute atomic E-state index is 12.7. The molecule has 1 fully saturated rings. The zero-order valence-corrected chi connectivity index (χ0v) is 14.8. The van der Waals surface area contributed by atoms with Gasteiger partial charge in [0.1, 0.15) is 12.1 Å². The fourth-order valence-electron chi connectivity index (χ4n) is 2.76. The van der Waals surface area contributed by atoms with Crippen molar-refractivity contribution < 1.29 is 19.3 Å². The summed E-state index contributed by atoms with van der Waals surface area (Å²) < 4.78 is 0. The molecule has 1 atom stereocenters. The predicted molar refractivity (Wildman–Crippen MR) is 93.2 cm³/mol. The molecular formula is C17H22N4O5. The highest BCUT2D eigenvalue weighted by Gasteiger charge is 2.49. The molecule has 0 saturated carbocycles. The summed E-state index contributed by atoms with van der Waals surface area (Å²) in [4.78, 5) is 47.9. The Kier molecular flexibility index (Phi) is 5.91. The number of nitro groups is 1. The van der Waals surface area contributed by atoms with Gasteiger partial charge < -0.3 is 10.6 Å². The highest BCUT2D eigenvalue weighted by molar-refractivity contribution is 6.09. The molecule has 1 saturated heterocycles. The largest absolute Gasteiger partial charge is 0.355 e. The molecule has 0 spiro atoms. The maximum atomic E-state index is 12.7. The second kappa shape index (κ2) is 7.94. The van der Waals surface area contributed by atoms with Crippen molar-refractivity contribution >= 4 is 23.5 Å². The first kappa shape index (κ1) is 19.4. The molecule has 2 N–H and O–H groups in total. The highest BCUT2D eigenvalue weighted by Crippen LogP contribution is 2.29. The zero-order valence-electron chi connectivity index (χ0n) is 14.8. The first-order chi connectivity index (χ1) is 12.3. The van der Waals surface area contributed by atoms with Crippen LogP contribution in [0.2, 0.25) is 0 Å². The molecule has 4 amide bonds. The molecule has 1 aliphatic rings. The van der Waals surface area contributed by atoms with Gasteiger partial charge in [0.25, 0.3) is 11.6 Å². The van der Waals surface area contributed by atoms with Crippen LogP contribution >= 0.6 is 0 Å². The fraction of sp³-hybridized carbons (Fsp3) is 0.471. The number of unbranched alkanes of at least 4 members (excludes halogenated alkanes) is 2. The summed E-state index contributed by atoms with van der Waals surface area (Å²) in [6.45, 7) is 3.69. The summed E-state index contributed by atoms with van der Waals surface area (Å²) in [6, 6.07) is 4.71. The number of imide groups is 1. The smallest absolute Gasteiger partial charge is 0.325 e. The van der Waals surface area contributed by atoms with Crippen molar-refractivity contribution in [3.8, 4) is 0 Å². The third kappa shape index (κ3) is 3.98. The molecule has 9 heteroatoms. The number of benzene rings is 1. The Morgan fingerprint density at radius 2 is 1.92 bits per heavy atom. The van der Waals surface area contributed by atoms with Gasteiger partial charge in [0, 0.05) is 18.7 Å². The van der Waals surface area contributed by atoms with Crippen LogP contribution < -0.4 is 10.6 Å². The average Bonchev–Trinajstić information content (AvgIpc) is 2.83. The van der Waals surface area contributed by atoms with Crippen LogP contribution in [0.4, 0.5) is 10.5 Å². The van der Waals surface area contributed by atoms with Gasteiger partial charge in [-0.15, -0.1) is 0 Å². The van der Waals surface area contributed by atoms with Gasteiger partial charge in [-0.25, -0.2) is 4.79 Å². The van der Waals surface area contributed by atoms with Crippen molar-refractivity contribution in [1.82, 2.24) is 15.5 Å². The number of hydrogen-bond donors (Lipinski definition) is 2. The molecule has 26 heavy (non-hydrogen) atoms. The summed E-state index contributed by atoms with van der Waals surface area (Å²) in [5, 5.41) is 16.0. The van der Waals surface area contributed by atoms with Gasteiger partial charge in [0.05, 0.1) is 4.92 Å². The number of hydrogen-bond acceptors (Lipinski definition) is 5. The van der Waals surface area contributed by atoms with Gasteiger partial charge in [-0.3, -0.25) is 24.6 Å². The van der Waals surface area contributed by atoms with E-state index in [1.54, 1.807) is 0 Å². The van der Waals surface area contributed by atoms with E-state index >= 15 is 0 Å². The van der Waals surface area contributed by atoms with Gasteiger partial charge in [0.15, 0.2) is 0 Å².